The Morgan fingerprint density at radius 3 is 1.52 bits per heavy atom. The highest BCUT2D eigenvalue weighted by molar-refractivity contribution is 7.47. The first kappa shape index (κ1) is 21.5. The third-order valence-corrected chi connectivity index (χ3v) is 3.43. The van der Waals surface area contributed by atoms with Crippen molar-refractivity contribution < 1.29 is 37.6 Å². The van der Waals surface area contributed by atoms with E-state index in [-0.39, 0.29) is 26.4 Å². The lowest BCUT2D eigenvalue weighted by Crippen LogP contribution is -2.05. The minimum absolute atomic E-state index is 0.0103. The molecule has 0 aromatic rings. The third kappa shape index (κ3) is 13.9. The zero-order valence-corrected chi connectivity index (χ0v) is 13.9. The molecule has 0 unspecified atom stereocenters. The van der Waals surface area contributed by atoms with E-state index in [2.05, 4.69) is 13.2 Å². The number of phosphoric ester groups is 1. The summed E-state index contributed by atoms with van der Waals surface area (Å²) in [6.07, 6.45) is 3.99. The quantitative estimate of drug-likeness (QED) is 0.220. The lowest BCUT2D eigenvalue weighted by atomic mass is 10.3. The number of esters is 2. The Balaban J connectivity index is 3.55. The second-order valence-electron chi connectivity index (χ2n) is 4.29. The number of hydrogen-bond donors (Lipinski definition) is 1. The Kier molecular flexibility index (Phi) is 12.2. The molecule has 0 heterocycles. The number of phosphoric acid groups is 1. The van der Waals surface area contributed by atoms with Gasteiger partial charge in [-0.25, -0.2) is 14.2 Å². The molecule has 0 saturated heterocycles. The molecule has 0 aromatic carbocycles. The molecular weight excluding hydrogens is 327 g/mol. The van der Waals surface area contributed by atoms with Crippen molar-refractivity contribution in [2.45, 2.75) is 25.7 Å². The van der Waals surface area contributed by atoms with Crippen molar-refractivity contribution in [1.29, 1.82) is 0 Å². The normalized spacial score (nSPS) is 10.8. The molecule has 0 bridgehead atoms. The molecule has 23 heavy (non-hydrogen) atoms. The summed E-state index contributed by atoms with van der Waals surface area (Å²) >= 11 is 0. The van der Waals surface area contributed by atoms with Crippen LogP contribution in [0, 0.1) is 0 Å². The van der Waals surface area contributed by atoms with Gasteiger partial charge in [0.15, 0.2) is 0 Å². The van der Waals surface area contributed by atoms with Crippen LogP contribution < -0.4 is 0 Å². The van der Waals surface area contributed by atoms with Crippen molar-refractivity contribution in [2.24, 2.45) is 0 Å². The minimum atomic E-state index is -4.09. The molecule has 1 N–H and O–H groups in total. The van der Waals surface area contributed by atoms with Gasteiger partial charge in [-0.05, 0) is 25.7 Å². The van der Waals surface area contributed by atoms with Gasteiger partial charge in [-0.1, -0.05) is 13.2 Å². The Bertz CT molecular complexity index is 398. The van der Waals surface area contributed by atoms with Crippen LogP contribution in [-0.2, 0) is 32.7 Å². The number of hydrogen-bond acceptors (Lipinski definition) is 7. The van der Waals surface area contributed by atoms with Gasteiger partial charge in [-0.2, -0.15) is 0 Å². The highest BCUT2D eigenvalue weighted by Crippen LogP contribution is 2.43. The first-order valence-corrected chi connectivity index (χ1v) is 8.61. The maximum Gasteiger partial charge on any atom is 0.472 e. The Labute approximate surface area is 135 Å². The first-order chi connectivity index (χ1) is 10.9. The molecule has 0 spiro atoms. The summed E-state index contributed by atoms with van der Waals surface area (Å²) in [7, 11) is -4.09. The summed E-state index contributed by atoms with van der Waals surface area (Å²) in [6.45, 7) is 6.90. The van der Waals surface area contributed by atoms with Crippen molar-refractivity contribution in [3.05, 3.63) is 25.3 Å². The van der Waals surface area contributed by atoms with Gasteiger partial charge in [0.25, 0.3) is 0 Å². The zero-order chi connectivity index (χ0) is 17.6. The van der Waals surface area contributed by atoms with Crippen molar-refractivity contribution in [3.8, 4) is 0 Å². The third-order valence-electron chi connectivity index (χ3n) is 2.41. The van der Waals surface area contributed by atoms with Gasteiger partial charge < -0.3 is 14.4 Å². The van der Waals surface area contributed by atoms with E-state index in [9.17, 15) is 19.0 Å². The summed E-state index contributed by atoms with van der Waals surface area (Å²) in [5.41, 5.74) is 0. The van der Waals surface area contributed by atoms with E-state index in [4.69, 9.17) is 18.5 Å². The van der Waals surface area contributed by atoms with E-state index >= 15 is 0 Å². The van der Waals surface area contributed by atoms with Crippen LogP contribution in [0.15, 0.2) is 25.3 Å². The van der Waals surface area contributed by atoms with Crippen molar-refractivity contribution in [1.82, 2.24) is 0 Å². The van der Waals surface area contributed by atoms with Crippen molar-refractivity contribution in [2.75, 3.05) is 26.4 Å². The molecule has 0 fully saturated rings. The maximum absolute atomic E-state index is 11.5. The van der Waals surface area contributed by atoms with Crippen LogP contribution >= 0.6 is 7.82 Å². The van der Waals surface area contributed by atoms with Crippen LogP contribution in [0.25, 0.3) is 0 Å². The van der Waals surface area contributed by atoms with E-state index in [1.807, 2.05) is 0 Å². The van der Waals surface area contributed by atoms with Gasteiger partial charge in [-0.15, -0.1) is 0 Å². The van der Waals surface area contributed by atoms with Gasteiger partial charge in [-0.3, -0.25) is 9.05 Å². The van der Waals surface area contributed by atoms with Crippen LogP contribution in [-0.4, -0.2) is 43.3 Å². The predicted octanol–water partition coefficient (Wildman–Crippen LogP) is 2.14. The maximum atomic E-state index is 11.5. The molecule has 0 atom stereocenters. The van der Waals surface area contributed by atoms with Crippen LogP contribution in [0.3, 0.4) is 0 Å². The smallest absolute Gasteiger partial charge is 0.463 e. The average molecular weight is 350 g/mol. The lowest BCUT2D eigenvalue weighted by Gasteiger charge is -2.12. The summed E-state index contributed by atoms with van der Waals surface area (Å²) in [5, 5.41) is 0. The molecule has 9 heteroatoms. The van der Waals surface area contributed by atoms with Gasteiger partial charge in [0.1, 0.15) is 0 Å². The minimum Gasteiger partial charge on any atom is -0.463 e. The molecule has 0 rings (SSSR count). The van der Waals surface area contributed by atoms with E-state index in [0.29, 0.717) is 25.7 Å². The molecule has 132 valence electrons. The zero-order valence-electron chi connectivity index (χ0n) is 13.0. The number of carbonyl (C=O) groups is 2. The molecule has 0 radical (unpaired) electrons. The van der Waals surface area contributed by atoms with E-state index in [1.54, 1.807) is 0 Å². The Hall–Kier alpha value is -1.47. The summed E-state index contributed by atoms with van der Waals surface area (Å²) < 4.78 is 30.5. The highest BCUT2D eigenvalue weighted by Gasteiger charge is 2.20. The summed E-state index contributed by atoms with van der Waals surface area (Å²) in [4.78, 5) is 30.9. The van der Waals surface area contributed by atoms with Crippen molar-refractivity contribution >= 4 is 19.8 Å². The largest absolute Gasteiger partial charge is 0.472 e. The molecule has 0 saturated carbocycles. The molecule has 0 aliphatic rings. The van der Waals surface area contributed by atoms with E-state index < -0.39 is 19.8 Å². The fraction of sp³-hybridized carbons (Fsp3) is 0.571. The van der Waals surface area contributed by atoms with Crippen molar-refractivity contribution in [3.63, 3.8) is 0 Å². The van der Waals surface area contributed by atoms with Crippen LogP contribution in [0.1, 0.15) is 25.7 Å². The second kappa shape index (κ2) is 13.0. The SMILES string of the molecule is C=CC(=O)OCCCCOP(=O)(O)OCCCCOC(=O)C=C. The van der Waals surface area contributed by atoms with E-state index in [1.165, 1.54) is 0 Å². The summed E-state index contributed by atoms with van der Waals surface area (Å²) in [6, 6.07) is 0. The van der Waals surface area contributed by atoms with Crippen LogP contribution in [0.2, 0.25) is 0 Å². The van der Waals surface area contributed by atoms with Crippen LogP contribution in [0.5, 0.6) is 0 Å². The standard InChI is InChI=1S/C14H23O8P/c1-3-13(15)19-9-5-7-11-21-23(17,18)22-12-8-6-10-20-14(16)4-2/h3-4H,1-2,5-12H2,(H,17,18). The van der Waals surface area contributed by atoms with E-state index in [0.717, 1.165) is 12.2 Å². The number of rotatable bonds is 14. The molecule has 0 aromatic heterocycles. The Morgan fingerprint density at radius 1 is 0.826 bits per heavy atom. The van der Waals surface area contributed by atoms with Gasteiger partial charge >= 0.3 is 19.8 Å². The molecular formula is C14H23O8P. The monoisotopic (exact) mass is 350 g/mol. The van der Waals surface area contributed by atoms with Gasteiger partial charge in [0.2, 0.25) is 0 Å². The van der Waals surface area contributed by atoms with Gasteiger partial charge in [0.05, 0.1) is 26.4 Å². The number of carbonyl (C=O) groups excluding carboxylic acids is 2. The molecule has 0 amide bonds. The fourth-order valence-electron chi connectivity index (χ4n) is 1.27. The molecule has 8 nitrogen and oxygen atoms in total. The number of ether oxygens (including phenoxy) is 2. The molecule has 0 aliphatic carbocycles. The fourth-order valence-corrected chi connectivity index (χ4v) is 2.06. The highest BCUT2D eigenvalue weighted by atomic mass is 31.2. The van der Waals surface area contributed by atoms with Gasteiger partial charge in [0, 0.05) is 12.2 Å². The summed E-state index contributed by atoms with van der Waals surface area (Å²) in [5.74, 6) is -1.03. The Morgan fingerprint density at radius 2 is 1.17 bits per heavy atom. The second-order valence-corrected chi connectivity index (χ2v) is 5.75. The number of unbranched alkanes of at least 4 members (excludes halogenated alkanes) is 2. The molecule has 0 aliphatic heterocycles. The van der Waals surface area contributed by atoms with Crippen LogP contribution in [0.4, 0.5) is 0 Å². The lowest BCUT2D eigenvalue weighted by molar-refractivity contribution is -0.138. The first-order valence-electron chi connectivity index (χ1n) is 7.11. The topological polar surface area (TPSA) is 108 Å². The average Bonchev–Trinajstić information content (AvgIpc) is 2.53. The predicted molar refractivity (Wildman–Crippen MR) is 82.5 cm³/mol.